The number of sulfonamides is 1. The average Bonchev–Trinajstić information content (AvgIpc) is 3.10. The highest BCUT2D eigenvalue weighted by Crippen LogP contribution is 2.33. The van der Waals surface area contributed by atoms with Crippen LogP contribution in [-0.2, 0) is 29.1 Å². The van der Waals surface area contributed by atoms with Gasteiger partial charge in [-0.15, -0.1) is 0 Å². The van der Waals surface area contributed by atoms with Crippen LogP contribution in [-0.4, -0.2) is 46.4 Å². The van der Waals surface area contributed by atoms with Crippen molar-refractivity contribution in [1.82, 2.24) is 0 Å². The lowest BCUT2D eigenvalue weighted by Crippen LogP contribution is -2.29. The third-order valence-corrected chi connectivity index (χ3v) is 6.25. The molecule has 1 fully saturated rings. The van der Waals surface area contributed by atoms with Crippen LogP contribution in [0.5, 0.6) is 0 Å². The van der Waals surface area contributed by atoms with Crippen molar-refractivity contribution in [3.05, 3.63) is 52.5 Å². The zero-order valence-electron chi connectivity index (χ0n) is 16.9. The first-order valence-electron chi connectivity index (χ1n) is 9.07. The Labute approximate surface area is 188 Å². The van der Waals surface area contributed by atoms with E-state index in [1.807, 2.05) is 0 Å². The predicted octanol–water partition coefficient (Wildman–Crippen LogP) is 2.37. The second-order valence-electron chi connectivity index (χ2n) is 6.62. The van der Waals surface area contributed by atoms with Crippen LogP contribution >= 0.6 is 11.6 Å². The Kier molecular flexibility index (Phi) is 6.51. The minimum Gasteiger partial charge on any atom is -0.465 e. The van der Waals surface area contributed by atoms with Crippen molar-refractivity contribution in [3.63, 3.8) is 0 Å². The van der Waals surface area contributed by atoms with Crippen molar-refractivity contribution in [2.45, 2.75) is 17.7 Å². The fourth-order valence-corrected chi connectivity index (χ4v) is 4.31. The van der Waals surface area contributed by atoms with Crippen LogP contribution < -0.4 is 9.62 Å². The van der Waals surface area contributed by atoms with Crippen LogP contribution in [0.4, 0.5) is 11.4 Å². The van der Waals surface area contributed by atoms with E-state index in [-0.39, 0.29) is 45.3 Å². The number of rotatable bonds is 6. The van der Waals surface area contributed by atoms with Gasteiger partial charge in [-0.25, -0.2) is 22.9 Å². The van der Waals surface area contributed by atoms with Gasteiger partial charge in [-0.05, 0) is 36.4 Å². The van der Waals surface area contributed by atoms with Crippen LogP contribution in [0, 0.1) is 0 Å². The lowest BCUT2D eigenvalue weighted by Gasteiger charge is -2.17. The smallest absolute Gasteiger partial charge is 0.337 e. The number of hydrogen-bond acceptors (Lipinski definition) is 8. The summed E-state index contributed by atoms with van der Waals surface area (Å²) < 4.78 is 37.5. The Morgan fingerprint density at radius 2 is 1.47 bits per heavy atom. The van der Waals surface area contributed by atoms with E-state index >= 15 is 0 Å². The molecule has 0 unspecified atom stereocenters. The number of imide groups is 1. The van der Waals surface area contributed by atoms with E-state index in [2.05, 4.69) is 14.2 Å². The van der Waals surface area contributed by atoms with E-state index in [4.69, 9.17) is 11.6 Å². The number of methoxy groups -OCH3 is 2. The maximum atomic E-state index is 13.0. The normalized spacial score (nSPS) is 13.8. The summed E-state index contributed by atoms with van der Waals surface area (Å²) in [7, 11) is -2.01. The second-order valence-corrected chi connectivity index (χ2v) is 8.71. The number of esters is 2. The monoisotopic (exact) mass is 480 g/mol. The molecule has 3 rings (SSSR count). The molecular formula is C20H17ClN2O8S. The highest BCUT2D eigenvalue weighted by atomic mass is 35.5. The fourth-order valence-electron chi connectivity index (χ4n) is 3.05. The number of benzene rings is 2. The molecule has 1 saturated heterocycles. The Morgan fingerprint density at radius 1 is 0.938 bits per heavy atom. The van der Waals surface area contributed by atoms with E-state index in [1.165, 1.54) is 30.3 Å². The molecule has 2 aromatic carbocycles. The molecule has 0 aromatic heterocycles. The lowest BCUT2D eigenvalue weighted by molar-refractivity contribution is -0.121. The first-order valence-corrected chi connectivity index (χ1v) is 10.9. The quantitative estimate of drug-likeness (QED) is 0.491. The summed E-state index contributed by atoms with van der Waals surface area (Å²) in [5.74, 6) is -2.58. The fraction of sp³-hybridized carbons (Fsp3) is 0.200. The molecule has 0 aliphatic carbocycles. The average molecular weight is 481 g/mol. The molecule has 2 amide bonds. The highest BCUT2D eigenvalue weighted by molar-refractivity contribution is 7.92. The van der Waals surface area contributed by atoms with Crippen LogP contribution in [0.1, 0.15) is 33.6 Å². The summed E-state index contributed by atoms with van der Waals surface area (Å²) in [6.07, 6.45) is 0.00201. The molecular weight excluding hydrogens is 464 g/mol. The summed E-state index contributed by atoms with van der Waals surface area (Å²) in [5.41, 5.74) is -0.338. The van der Waals surface area contributed by atoms with Crippen molar-refractivity contribution in [1.29, 1.82) is 0 Å². The summed E-state index contributed by atoms with van der Waals surface area (Å²) in [6, 6.07) is 7.08. The van der Waals surface area contributed by atoms with Crippen LogP contribution in [0.15, 0.2) is 41.3 Å². The number of carbonyl (C=O) groups is 4. The van der Waals surface area contributed by atoms with E-state index in [0.717, 1.165) is 25.2 Å². The molecule has 0 radical (unpaired) electrons. The van der Waals surface area contributed by atoms with E-state index < -0.39 is 33.8 Å². The number of halogens is 1. The maximum absolute atomic E-state index is 13.0. The molecule has 0 bridgehead atoms. The first kappa shape index (κ1) is 23.2. The minimum absolute atomic E-state index is 0.00101. The SMILES string of the molecule is COC(=O)c1cc(NS(=O)(=O)c2ccc(Cl)c(N3C(=O)CCC3=O)c2)cc(C(=O)OC)c1. The standard InChI is InChI=1S/C20H17ClN2O8S/c1-30-19(26)11-7-12(20(27)31-2)9-13(8-11)22-32(28,29)14-3-4-15(21)16(10-14)23-17(24)5-6-18(23)25/h3-4,7-10,22H,5-6H2,1-2H3. The molecule has 1 aliphatic rings. The number of nitrogens with one attached hydrogen (secondary N) is 1. The van der Waals surface area contributed by atoms with Crippen molar-refractivity contribution in [2.24, 2.45) is 0 Å². The number of hydrogen-bond donors (Lipinski definition) is 1. The van der Waals surface area contributed by atoms with Gasteiger partial charge in [0.05, 0.1) is 46.6 Å². The third kappa shape index (κ3) is 4.58. The van der Waals surface area contributed by atoms with Crippen molar-refractivity contribution in [3.8, 4) is 0 Å². The predicted molar refractivity (Wildman–Crippen MR) is 113 cm³/mol. The zero-order valence-corrected chi connectivity index (χ0v) is 18.5. The summed E-state index contributed by atoms with van der Waals surface area (Å²) in [6.45, 7) is 0. The summed E-state index contributed by atoms with van der Waals surface area (Å²) >= 11 is 6.10. The van der Waals surface area contributed by atoms with E-state index in [9.17, 15) is 27.6 Å². The van der Waals surface area contributed by atoms with Gasteiger partial charge in [-0.1, -0.05) is 11.6 Å². The molecule has 0 saturated carbocycles. The largest absolute Gasteiger partial charge is 0.465 e. The molecule has 32 heavy (non-hydrogen) atoms. The molecule has 1 heterocycles. The zero-order chi connectivity index (χ0) is 23.6. The van der Waals surface area contributed by atoms with Crippen LogP contribution in [0.3, 0.4) is 0 Å². The minimum atomic E-state index is -4.28. The Morgan fingerprint density at radius 3 is 1.97 bits per heavy atom. The number of nitrogens with zero attached hydrogens (tertiary/aromatic N) is 1. The number of ether oxygens (including phenoxy) is 2. The summed E-state index contributed by atoms with van der Waals surface area (Å²) in [5, 5.41) is 0.0215. The van der Waals surface area contributed by atoms with Crippen molar-refractivity contribution >= 4 is 56.8 Å². The molecule has 12 heteroatoms. The van der Waals surface area contributed by atoms with Gasteiger partial charge in [0, 0.05) is 12.8 Å². The second kappa shape index (κ2) is 8.97. The molecule has 0 atom stereocenters. The molecule has 1 aliphatic heterocycles. The highest BCUT2D eigenvalue weighted by Gasteiger charge is 2.32. The topological polar surface area (TPSA) is 136 Å². The first-order chi connectivity index (χ1) is 15.1. The molecule has 1 N–H and O–H groups in total. The van der Waals surface area contributed by atoms with E-state index in [1.54, 1.807) is 0 Å². The van der Waals surface area contributed by atoms with Gasteiger partial charge in [0.1, 0.15) is 0 Å². The third-order valence-electron chi connectivity index (χ3n) is 4.55. The van der Waals surface area contributed by atoms with Crippen molar-refractivity contribution in [2.75, 3.05) is 23.8 Å². The number of carbonyl (C=O) groups excluding carboxylic acids is 4. The molecule has 168 valence electrons. The van der Waals surface area contributed by atoms with Crippen molar-refractivity contribution < 1.29 is 37.1 Å². The molecule has 10 nitrogen and oxygen atoms in total. The lowest BCUT2D eigenvalue weighted by atomic mass is 10.1. The maximum Gasteiger partial charge on any atom is 0.337 e. The Bertz CT molecular complexity index is 1190. The van der Waals surface area contributed by atoms with Gasteiger partial charge in [-0.3, -0.25) is 14.3 Å². The molecule has 0 spiro atoms. The number of anilines is 2. The molecule has 2 aromatic rings. The van der Waals surface area contributed by atoms with Crippen LogP contribution in [0.2, 0.25) is 5.02 Å². The van der Waals surface area contributed by atoms with Gasteiger partial charge in [-0.2, -0.15) is 0 Å². The van der Waals surface area contributed by atoms with Gasteiger partial charge in [0.2, 0.25) is 11.8 Å². The summed E-state index contributed by atoms with van der Waals surface area (Å²) in [4.78, 5) is 48.5. The van der Waals surface area contributed by atoms with Gasteiger partial charge >= 0.3 is 11.9 Å². The van der Waals surface area contributed by atoms with E-state index in [0.29, 0.717) is 0 Å². The Balaban J connectivity index is 2.02. The van der Waals surface area contributed by atoms with Gasteiger partial charge in [0.25, 0.3) is 10.0 Å². The van der Waals surface area contributed by atoms with Gasteiger partial charge < -0.3 is 9.47 Å². The van der Waals surface area contributed by atoms with Crippen LogP contribution in [0.25, 0.3) is 0 Å². The number of amides is 2. The Hall–Kier alpha value is -3.44. The van der Waals surface area contributed by atoms with Gasteiger partial charge in [0.15, 0.2) is 0 Å².